The topological polar surface area (TPSA) is 111 Å². The van der Waals surface area contributed by atoms with E-state index in [4.69, 9.17) is 9.47 Å². The standard InChI is InChI=1S/C24H21N3O6S/c1-14-16(24(29)26-7-5-22-15(13-26)6-10-34-22)3-2-4-18(14)25-23(28)17-11-20-21(33-9-8-32-20)12-19(17)27(30)31/h2-4,6,10-12H,5,7-9,13H2,1H3,(H,25,28). The second-order valence-corrected chi connectivity index (χ2v) is 9.05. The van der Waals surface area contributed by atoms with Crippen LogP contribution in [0.2, 0.25) is 0 Å². The minimum atomic E-state index is -0.669. The molecule has 0 aliphatic carbocycles. The normalized spacial score (nSPS) is 14.3. The van der Waals surface area contributed by atoms with Gasteiger partial charge in [-0.2, -0.15) is 0 Å². The first-order valence-electron chi connectivity index (χ1n) is 10.8. The Morgan fingerprint density at radius 2 is 1.88 bits per heavy atom. The van der Waals surface area contributed by atoms with Gasteiger partial charge in [0.2, 0.25) is 0 Å². The zero-order valence-corrected chi connectivity index (χ0v) is 19.1. The smallest absolute Gasteiger partial charge is 0.286 e. The van der Waals surface area contributed by atoms with Crippen molar-refractivity contribution < 1.29 is 24.0 Å². The average Bonchev–Trinajstić information content (AvgIpc) is 3.32. The van der Waals surface area contributed by atoms with Gasteiger partial charge in [-0.3, -0.25) is 19.7 Å². The molecule has 3 heterocycles. The molecule has 5 rings (SSSR count). The average molecular weight is 480 g/mol. The van der Waals surface area contributed by atoms with Gasteiger partial charge in [0.05, 0.1) is 11.0 Å². The molecule has 0 saturated heterocycles. The van der Waals surface area contributed by atoms with Gasteiger partial charge in [-0.1, -0.05) is 6.07 Å². The van der Waals surface area contributed by atoms with Crippen molar-refractivity contribution in [1.82, 2.24) is 4.90 Å². The molecule has 0 saturated carbocycles. The Balaban J connectivity index is 1.41. The van der Waals surface area contributed by atoms with Crippen LogP contribution in [0.4, 0.5) is 11.4 Å². The molecule has 0 radical (unpaired) electrons. The third-order valence-electron chi connectivity index (χ3n) is 6.01. The number of carbonyl (C=O) groups excluding carboxylic acids is 2. The fourth-order valence-corrected chi connectivity index (χ4v) is 5.09. The van der Waals surface area contributed by atoms with Crippen LogP contribution in [0.15, 0.2) is 41.8 Å². The van der Waals surface area contributed by atoms with Crippen molar-refractivity contribution in [1.29, 1.82) is 0 Å². The summed E-state index contributed by atoms with van der Waals surface area (Å²) in [5.74, 6) is -0.276. The summed E-state index contributed by atoms with van der Waals surface area (Å²) >= 11 is 1.71. The predicted molar refractivity (Wildman–Crippen MR) is 126 cm³/mol. The van der Waals surface area contributed by atoms with E-state index in [1.54, 1.807) is 41.4 Å². The number of hydrogen-bond donors (Lipinski definition) is 1. The van der Waals surface area contributed by atoms with Crippen LogP contribution in [0.1, 0.15) is 36.7 Å². The number of rotatable bonds is 4. The van der Waals surface area contributed by atoms with Crippen molar-refractivity contribution in [2.24, 2.45) is 0 Å². The molecule has 10 heteroatoms. The van der Waals surface area contributed by atoms with Crippen LogP contribution in [0, 0.1) is 17.0 Å². The number of hydrogen-bond acceptors (Lipinski definition) is 7. The first-order valence-corrected chi connectivity index (χ1v) is 11.6. The highest BCUT2D eigenvalue weighted by Gasteiger charge is 2.28. The zero-order valence-electron chi connectivity index (χ0n) is 18.3. The van der Waals surface area contributed by atoms with Crippen molar-refractivity contribution in [3.63, 3.8) is 0 Å². The fourth-order valence-electron chi connectivity index (χ4n) is 4.20. The highest BCUT2D eigenvalue weighted by atomic mass is 32.1. The number of ether oxygens (including phenoxy) is 2. The minimum Gasteiger partial charge on any atom is -0.486 e. The van der Waals surface area contributed by atoms with Crippen LogP contribution in [-0.4, -0.2) is 41.4 Å². The number of benzene rings is 2. The zero-order chi connectivity index (χ0) is 23.8. The number of fused-ring (bicyclic) bond motifs is 2. The fraction of sp³-hybridized carbons (Fsp3) is 0.250. The summed E-state index contributed by atoms with van der Waals surface area (Å²) in [6.45, 7) is 3.50. The third kappa shape index (κ3) is 3.96. The van der Waals surface area contributed by atoms with Crippen LogP contribution in [0.3, 0.4) is 0 Å². The van der Waals surface area contributed by atoms with E-state index < -0.39 is 10.8 Å². The number of nitrogens with one attached hydrogen (secondary N) is 1. The van der Waals surface area contributed by atoms with E-state index in [1.807, 2.05) is 11.4 Å². The number of thiophene rings is 1. The molecule has 1 N–H and O–H groups in total. The summed E-state index contributed by atoms with van der Waals surface area (Å²) in [5, 5.41) is 16.4. The van der Waals surface area contributed by atoms with E-state index in [0.717, 1.165) is 12.0 Å². The maximum absolute atomic E-state index is 13.3. The van der Waals surface area contributed by atoms with Gasteiger partial charge in [-0.25, -0.2) is 0 Å². The second kappa shape index (κ2) is 8.79. The van der Waals surface area contributed by atoms with Crippen molar-refractivity contribution in [2.75, 3.05) is 25.1 Å². The number of anilines is 1. The number of nitrogens with zero attached hydrogens (tertiary/aromatic N) is 2. The summed E-state index contributed by atoms with van der Waals surface area (Å²) < 4.78 is 10.9. The number of nitro groups is 1. The van der Waals surface area contributed by atoms with Gasteiger partial charge in [0.1, 0.15) is 18.8 Å². The molecule has 1 aromatic heterocycles. The first kappa shape index (κ1) is 21.9. The Kier molecular flexibility index (Phi) is 5.66. The van der Waals surface area contributed by atoms with E-state index in [-0.39, 0.29) is 35.3 Å². The van der Waals surface area contributed by atoms with Gasteiger partial charge in [-0.15, -0.1) is 11.3 Å². The second-order valence-electron chi connectivity index (χ2n) is 8.05. The van der Waals surface area contributed by atoms with Gasteiger partial charge in [-0.05, 0) is 48.1 Å². The van der Waals surface area contributed by atoms with E-state index in [2.05, 4.69) is 5.32 Å². The molecule has 0 spiro atoms. The van der Waals surface area contributed by atoms with Crippen LogP contribution in [-0.2, 0) is 13.0 Å². The van der Waals surface area contributed by atoms with E-state index in [9.17, 15) is 19.7 Å². The molecule has 174 valence electrons. The molecular formula is C24H21N3O6S. The number of amides is 2. The lowest BCUT2D eigenvalue weighted by Gasteiger charge is -2.28. The first-order chi connectivity index (χ1) is 16.4. The molecule has 2 amide bonds. The molecule has 0 unspecified atom stereocenters. The molecule has 9 nitrogen and oxygen atoms in total. The quantitative estimate of drug-likeness (QED) is 0.444. The summed E-state index contributed by atoms with van der Waals surface area (Å²) in [4.78, 5) is 40.4. The Bertz CT molecular complexity index is 1320. The largest absolute Gasteiger partial charge is 0.486 e. The molecule has 2 aliphatic heterocycles. The lowest BCUT2D eigenvalue weighted by atomic mass is 10.0. The molecule has 0 fully saturated rings. The van der Waals surface area contributed by atoms with E-state index in [0.29, 0.717) is 36.5 Å². The van der Waals surface area contributed by atoms with Crippen LogP contribution < -0.4 is 14.8 Å². The highest BCUT2D eigenvalue weighted by molar-refractivity contribution is 7.10. The summed E-state index contributed by atoms with van der Waals surface area (Å²) in [5.41, 5.74) is 2.12. The SMILES string of the molecule is Cc1c(NC(=O)c2cc3c(cc2[N+](=O)[O-])OCCO3)cccc1C(=O)N1CCc2sccc2C1. The van der Waals surface area contributed by atoms with Crippen LogP contribution in [0.25, 0.3) is 0 Å². The molecule has 2 aromatic carbocycles. The van der Waals surface area contributed by atoms with Gasteiger partial charge < -0.3 is 19.7 Å². The predicted octanol–water partition coefficient (Wildman–Crippen LogP) is 4.19. The monoisotopic (exact) mass is 479 g/mol. The molecule has 2 aliphatic rings. The number of carbonyl (C=O) groups is 2. The lowest BCUT2D eigenvalue weighted by Crippen LogP contribution is -2.35. The molecule has 0 atom stereocenters. The molecule has 0 bridgehead atoms. The van der Waals surface area contributed by atoms with Crippen molar-refractivity contribution >= 4 is 34.5 Å². The Morgan fingerprint density at radius 1 is 1.12 bits per heavy atom. The molecular weight excluding hydrogens is 458 g/mol. The molecule has 34 heavy (non-hydrogen) atoms. The lowest BCUT2D eigenvalue weighted by molar-refractivity contribution is -0.385. The summed E-state index contributed by atoms with van der Waals surface area (Å²) in [7, 11) is 0. The Morgan fingerprint density at radius 3 is 2.65 bits per heavy atom. The van der Waals surface area contributed by atoms with Gasteiger partial charge in [0.15, 0.2) is 11.5 Å². The minimum absolute atomic E-state index is 0.115. The maximum atomic E-state index is 13.3. The van der Waals surface area contributed by atoms with Gasteiger partial charge >= 0.3 is 0 Å². The number of nitro benzene ring substituents is 1. The van der Waals surface area contributed by atoms with Crippen molar-refractivity contribution in [3.8, 4) is 11.5 Å². The Hall–Kier alpha value is -3.92. The summed E-state index contributed by atoms with van der Waals surface area (Å²) in [6.07, 6.45) is 0.821. The third-order valence-corrected chi connectivity index (χ3v) is 7.03. The Labute approximate surface area is 199 Å². The van der Waals surface area contributed by atoms with Crippen molar-refractivity contribution in [3.05, 3.63) is 79.0 Å². The summed E-state index contributed by atoms with van der Waals surface area (Å²) in [6, 6.07) is 9.64. The van der Waals surface area contributed by atoms with Gasteiger partial charge in [0, 0.05) is 35.3 Å². The maximum Gasteiger partial charge on any atom is 0.286 e. The van der Waals surface area contributed by atoms with Gasteiger partial charge in [0.25, 0.3) is 17.5 Å². The van der Waals surface area contributed by atoms with Crippen LogP contribution in [0.5, 0.6) is 11.5 Å². The molecule has 3 aromatic rings. The highest BCUT2D eigenvalue weighted by Crippen LogP contribution is 2.37. The van der Waals surface area contributed by atoms with E-state index >= 15 is 0 Å². The van der Waals surface area contributed by atoms with E-state index in [1.165, 1.54) is 17.0 Å². The van der Waals surface area contributed by atoms with Crippen LogP contribution >= 0.6 is 11.3 Å². The van der Waals surface area contributed by atoms with Crippen molar-refractivity contribution in [2.45, 2.75) is 19.9 Å².